The van der Waals surface area contributed by atoms with Crippen LogP contribution in [0.3, 0.4) is 0 Å². The van der Waals surface area contributed by atoms with Crippen LogP contribution < -0.4 is 15.6 Å². The van der Waals surface area contributed by atoms with E-state index in [-0.39, 0.29) is 11.4 Å². The van der Waals surface area contributed by atoms with Crippen molar-refractivity contribution in [1.82, 2.24) is 8.87 Å². The maximum absolute atomic E-state index is 12.6. The zero-order valence-corrected chi connectivity index (χ0v) is 15.7. The number of rotatable bonds is 6. The topological polar surface area (TPSA) is 97.7 Å². The predicted octanol–water partition coefficient (Wildman–Crippen LogP) is 1.28. The van der Waals surface area contributed by atoms with Crippen molar-refractivity contribution in [2.45, 2.75) is 24.3 Å². The first-order valence-electron chi connectivity index (χ1n) is 8.55. The first kappa shape index (κ1) is 19.1. The first-order valence-corrected chi connectivity index (χ1v) is 9.99. The summed E-state index contributed by atoms with van der Waals surface area (Å²) in [6.45, 7) is 0.539. The molecule has 2 aromatic rings. The van der Waals surface area contributed by atoms with E-state index in [0.717, 1.165) is 17.4 Å². The average molecular weight is 391 g/mol. The van der Waals surface area contributed by atoms with E-state index in [2.05, 4.69) is 5.32 Å². The van der Waals surface area contributed by atoms with Gasteiger partial charge in [0.15, 0.2) is 0 Å². The zero-order chi connectivity index (χ0) is 19.4. The zero-order valence-electron chi connectivity index (χ0n) is 14.9. The monoisotopic (exact) mass is 391 g/mol. The van der Waals surface area contributed by atoms with Crippen molar-refractivity contribution >= 4 is 21.6 Å². The van der Waals surface area contributed by atoms with E-state index >= 15 is 0 Å². The number of sulfonamides is 1. The van der Waals surface area contributed by atoms with Crippen LogP contribution in [0, 0.1) is 0 Å². The lowest BCUT2D eigenvalue weighted by atomic mass is 10.3. The number of ether oxygens (including phenoxy) is 1. The van der Waals surface area contributed by atoms with E-state index in [0.29, 0.717) is 24.5 Å². The molecule has 1 saturated heterocycles. The van der Waals surface area contributed by atoms with Crippen molar-refractivity contribution in [3.8, 4) is 5.75 Å². The van der Waals surface area contributed by atoms with Gasteiger partial charge in [0.1, 0.15) is 17.2 Å². The van der Waals surface area contributed by atoms with Crippen LogP contribution in [0.1, 0.15) is 12.8 Å². The first-order chi connectivity index (χ1) is 12.9. The maximum atomic E-state index is 12.6. The number of amides is 1. The van der Waals surface area contributed by atoms with Crippen LogP contribution in [0.5, 0.6) is 5.75 Å². The SMILES string of the molecule is COc1ccc(NC(=O)Cn2cccc(S(=O)(=O)N3CCCC3)c2=O)cc1. The van der Waals surface area contributed by atoms with Crippen LogP contribution in [0.25, 0.3) is 0 Å². The number of hydrogen-bond donors (Lipinski definition) is 1. The third kappa shape index (κ3) is 4.20. The minimum atomic E-state index is -3.84. The Balaban J connectivity index is 1.77. The number of aromatic nitrogens is 1. The molecule has 1 aromatic heterocycles. The van der Waals surface area contributed by atoms with E-state index in [1.807, 2.05) is 0 Å². The predicted molar refractivity (Wildman–Crippen MR) is 100 cm³/mol. The maximum Gasteiger partial charge on any atom is 0.271 e. The van der Waals surface area contributed by atoms with Crippen LogP contribution in [0.4, 0.5) is 5.69 Å². The second-order valence-electron chi connectivity index (χ2n) is 6.19. The number of nitrogens with one attached hydrogen (secondary N) is 1. The Labute approximate surface area is 157 Å². The van der Waals surface area contributed by atoms with Gasteiger partial charge in [-0.05, 0) is 49.2 Å². The van der Waals surface area contributed by atoms with Gasteiger partial charge in [0.05, 0.1) is 7.11 Å². The largest absolute Gasteiger partial charge is 0.497 e. The third-order valence-corrected chi connectivity index (χ3v) is 6.27. The second kappa shape index (κ2) is 7.93. The normalized spacial score (nSPS) is 14.9. The van der Waals surface area contributed by atoms with Gasteiger partial charge in [0.2, 0.25) is 15.9 Å². The summed E-state index contributed by atoms with van der Waals surface area (Å²) in [4.78, 5) is 24.5. The molecule has 2 heterocycles. The Morgan fingerprint density at radius 1 is 1.15 bits per heavy atom. The van der Waals surface area contributed by atoms with Gasteiger partial charge in [-0.1, -0.05) is 0 Å². The molecule has 0 bridgehead atoms. The molecule has 0 saturated carbocycles. The van der Waals surface area contributed by atoms with E-state index in [1.165, 1.54) is 22.6 Å². The molecule has 1 aromatic carbocycles. The minimum absolute atomic E-state index is 0.284. The number of pyridine rings is 1. The summed E-state index contributed by atoms with van der Waals surface area (Å²) in [7, 11) is -2.30. The summed E-state index contributed by atoms with van der Waals surface area (Å²) in [6.07, 6.45) is 2.97. The van der Waals surface area contributed by atoms with E-state index < -0.39 is 21.5 Å². The molecule has 9 heteroatoms. The molecule has 1 N–H and O–H groups in total. The average Bonchev–Trinajstić information content (AvgIpc) is 3.19. The molecule has 3 rings (SSSR count). The van der Waals surface area contributed by atoms with Gasteiger partial charge < -0.3 is 14.6 Å². The molecule has 0 aliphatic carbocycles. The molecule has 27 heavy (non-hydrogen) atoms. The molecular weight excluding hydrogens is 370 g/mol. The number of methoxy groups -OCH3 is 1. The Morgan fingerprint density at radius 3 is 2.44 bits per heavy atom. The Morgan fingerprint density at radius 2 is 1.81 bits per heavy atom. The van der Waals surface area contributed by atoms with Gasteiger partial charge in [0.25, 0.3) is 5.56 Å². The van der Waals surface area contributed by atoms with Crippen LogP contribution in [-0.4, -0.2) is 43.4 Å². The lowest BCUT2D eigenvalue weighted by Crippen LogP contribution is -2.36. The number of nitrogens with zero attached hydrogens (tertiary/aromatic N) is 2. The number of carbonyl (C=O) groups excluding carboxylic acids is 1. The van der Waals surface area contributed by atoms with Gasteiger partial charge >= 0.3 is 0 Å². The van der Waals surface area contributed by atoms with Crippen molar-refractivity contribution < 1.29 is 17.9 Å². The van der Waals surface area contributed by atoms with Crippen LogP contribution in [-0.2, 0) is 21.4 Å². The molecule has 0 spiro atoms. The molecule has 144 valence electrons. The lowest BCUT2D eigenvalue weighted by molar-refractivity contribution is -0.116. The molecule has 1 fully saturated rings. The van der Waals surface area contributed by atoms with Gasteiger partial charge in [-0.15, -0.1) is 0 Å². The van der Waals surface area contributed by atoms with E-state index in [1.54, 1.807) is 31.4 Å². The van der Waals surface area contributed by atoms with Gasteiger partial charge in [-0.3, -0.25) is 9.59 Å². The van der Waals surface area contributed by atoms with Crippen LogP contribution in [0.15, 0.2) is 52.3 Å². The quantitative estimate of drug-likeness (QED) is 0.800. The van der Waals surface area contributed by atoms with Gasteiger partial charge in [-0.2, -0.15) is 4.31 Å². The molecule has 1 aliphatic rings. The number of benzene rings is 1. The smallest absolute Gasteiger partial charge is 0.271 e. The third-order valence-electron chi connectivity index (χ3n) is 4.36. The summed E-state index contributed by atoms with van der Waals surface area (Å²) < 4.78 is 32.8. The summed E-state index contributed by atoms with van der Waals surface area (Å²) in [5, 5.41) is 2.67. The Hall–Kier alpha value is -2.65. The minimum Gasteiger partial charge on any atom is -0.497 e. The molecule has 0 radical (unpaired) electrons. The highest BCUT2D eigenvalue weighted by atomic mass is 32.2. The molecule has 0 unspecified atom stereocenters. The summed E-state index contributed by atoms with van der Waals surface area (Å²) in [6, 6.07) is 9.50. The van der Waals surface area contributed by atoms with Crippen molar-refractivity contribution in [1.29, 1.82) is 0 Å². The van der Waals surface area contributed by atoms with Crippen molar-refractivity contribution in [3.63, 3.8) is 0 Å². The van der Waals surface area contributed by atoms with Crippen LogP contribution >= 0.6 is 0 Å². The molecule has 8 nitrogen and oxygen atoms in total. The Bertz CT molecular complexity index is 977. The van der Waals surface area contributed by atoms with Crippen molar-refractivity contribution in [3.05, 3.63) is 52.9 Å². The fourth-order valence-corrected chi connectivity index (χ4v) is 4.54. The highest BCUT2D eigenvalue weighted by Gasteiger charge is 2.29. The Kier molecular flexibility index (Phi) is 5.62. The fraction of sp³-hybridized carbons (Fsp3) is 0.333. The molecule has 1 amide bonds. The summed E-state index contributed by atoms with van der Waals surface area (Å²) in [5.41, 5.74) is -0.149. The second-order valence-corrected chi connectivity index (χ2v) is 8.10. The van der Waals surface area contributed by atoms with Gasteiger partial charge in [0, 0.05) is 25.0 Å². The summed E-state index contributed by atoms with van der Waals surface area (Å²) >= 11 is 0. The van der Waals surface area contributed by atoms with Crippen LogP contribution in [0.2, 0.25) is 0 Å². The number of hydrogen-bond acceptors (Lipinski definition) is 5. The number of anilines is 1. The molecule has 0 atom stereocenters. The van der Waals surface area contributed by atoms with Crippen molar-refractivity contribution in [2.75, 3.05) is 25.5 Å². The molecular formula is C18H21N3O5S. The highest BCUT2D eigenvalue weighted by Crippen LogP contribution is 2.18. The van der Waals surface area contributed by atoms with E-state index in [9.17, 15) is 18.0 Å². The highest BCUT2D eigenvalue weighted by molar-refractivity contribution is 7.89. The van der Waals surface area contributed by atoms with Gasteiger partial charge in [-0.25, -0.2) is 8.42 Å². The lowest BCUT2D eigenvalue weighted by Gasteiger charge is -2.16. The molecule has 1 aliphatic heterocycles. The number of carbonyl (C=O) groups is 1. The van der Waals surface area contributed by atoms with Crippen molar-refractivity contribution in [2.24, 2.45) is 0 Å². The van der Waals surface area contributed by atoms with E-state index in [4.69, 9.17) is 4.74 Å². The summed E-state index contributed by atoms with van der Waals surface area (Å²) in [5.74, 6) is 0.224. The standard InChI is InChI=1S/C18H21N3O5S/c1-26-15-8-6-14(7-9-15)19-17(22)13-20-10-4-5-16(18(20)23)27(24,25)21-11-2-3-12-21/h4-10H,2-3,11-13H2,1H3,(H,19,22). The fourth-order valence-electron chi connectivity index (χ4n) is 2.93.